The van der Waals surface area contributed by atoms with Crippen LogP contribution in [0.5, 0.6) is 5.75 Å². The second-order valence-corrected chi connectivity index (χ2v) is 8.71. The number of nitrogens with one attached hydrogen (secondary N) is 1. The summed E-state index contributed by atoms with van der Waals surface area (Å²) in [6.07, 6.45) is 0.256. The van der Waals surface area contributed by atoms with Crippen LogP contribution in [0, 0.1) is 5.82 Å². The van der Waals surface area contributed by atoms with E-state index >= 15 is 0 Å². The van der Waals surface area contributed by atoms with Crippen LogP contribution in [0.1, 0.15) is 43.0 Å². The molecule has 0 saturated carbocycles. The Morgan fingerprint density at radius 3 is 2.63 bits per heavy atom. The predicted molar refractivity (Wildman–Crippen MR) is 138 cm³/mol. The Balaban J connectivity index is 1.65. The molecule has 180 valence electrons. The quantitative estimate of drug-likeness (QED) is 0.264. The van der Waals surface area contributed by atoms with E-state index in [1.807, 2.05) is 49.4 Å². The molecule has 4 nitrogen and oxygen atoms in total. The molecule has 1 atom stereocenters. The molecule has 0 aromatic heterocycles. The summed E-state index contributed by atoms with van der Waals surface area (Å²) in [6, 6.07) is 25.3. The first kappa shape index (κ1) is 24.4. The maximum absolute atomic E-state index is 14.5. The van der Waals surface area contributed by atoms with Crippen molar-refractivity contribution >= 4 is 16.7 Å². The SMILES string of the molecule is CCOc1cccc(CNC(C)c2cc(-c3cc(F)cc(CCC(=O)O)c3)c3ccccc3c2)c1. The Morgan fingerprint density at radius 2 is 1.83 bits per heavy atom. The first-order valence-electron chi connectivity index (χ1n) is 11.9. The lowest BCUT2D eigenvalue weighted by Gasteiger charge is -2.18. The summed E-state index contributed by atoms with van der Waals surface area (Å²) in [5.74, 6) is -0.398. The lowest BCUT2D eigenvalue weighted by molar-refractivity contribution is -0.136. The van der Waals surface area contributed by atoms with Gasteiger partial charge in [0, 0.05) is 19.0 Å². The topological polar surface area (TPSA) is 58.6 Å². The molecule has 0 radical (unpaired) electrons. The molecule has 4 aromatic rings. The second kappa shape index (κ2) is 11.2. The normalized spacial score (nSPS) is 12.0. The Kier molecular flexibility index (Phi) is 7.78. The number of ether oxygens (including phenoxy) is 1. The van der Waals surface area contributed by atoms with Gasteiger partial charge in [0.25, 0.3) is 0 Å². The third-order valence-corrected chi connectivity index (χ3v) is 6.10. The molecule has 0 heterocycles. The molecule has 4 aromatic carbocycles. The van der Waals surface area contributed by atoms with Gasteiger partial charge in [-0.05, 0) is 95.3 Å². The molecule has 1 unspecified atom stereocenters. The smallest absolute Gasteiger partial charge is 0.303 e. The van der Waals surface area contributed by atoms with E-state index in [0.717, 1.165) is 38.8 Å². The summed E-state index contributed by atoms with van der Waals surface area (Å²) in [7, 11) is 0. The van der Waals surface area contributed by atoms with Crippen molar-refractivity contribution in [1.82, 2.24) is 5.32 Å². The van der Waals surface area contributed by atoms with Crippen molar-refractivity contribution < 1.29 is 19.0 Å². The molecule has 0 aliphatic carbocycles. The van der Waals surface area contributed by atoms with Gasteiger partial charge in [-0.15, -0.1) is 0 Å². The van der Waals surface area contributed by atoms with Crippen LogP contribution >= 0.6 is 0 Å². The van der Waals surface area contributed by atoms with E-state index in [-0.39, 0.29) is 24.7 Å². The van der Waals surface area contributed by atoms with Crippen LogP contribution in [-0.2, 0) is 17.8 Å². The highest BCUT2D eigenvalue weighted by Crippen LogP contribution is 2.33. The van der Waals surface area contributed by atoms with Gasteiger partial charge in [0.15, 0.2) is 0 Å². The number of carboxylic acids is 1. The molecular weight excluding hydrogens is 441 g/mol. The monoisotopic (exact) mass is 471 g/mol. The number of carbonyl (C=O) groups is 1. The van der Waals surface area contributed by atoms with Gasteiger partial charge >= 0.3 is 5.97 Å². The van der Waals surface area contributed by atoms with Crippen LogP contribution in [0.25, 0.3) is 21.9 Å². The highest BCUT2D eigenvalue weighted by atomic mass is 19.1. The number of rotatable bonds is 10. The van der Waals surface area contributed by atoms with E-state index in [2.05, 4.69) is 36.5 Å². The van der Waals surface area contributed by atoms with Crippen molar-refractivity contribution in [2.24, 2.45) is 0 Å². The molecule has 5 heteroatoms. The van der Waals surface area contributed by atoms with E-state index in [1.54, 1.807) is 0 Å². The van der Waals surface area contributed by atoms with Gasteiger partial charge in [-0.2, -0.15) is 0 Å². The number of aryl methyl sites for hydroxylation is 1. The molecule has 0 saturated heterocycles. The number of halogens is 1. The van der Waals surface area contributed by atoms with Gasteiger partial charge in [0.05, 0.1) is 6.61 Å². The van der Waals surface area contributed by atoms with Gasteiger partial charge in [0.2, 0.25) is 0 Å². The lowest BCUT2D eigenvalue weighted by atomic mass is 9.92. The van der Waals surface area contributed by atoms with E-state index < -0.39 is 5.97 Å². The van der Waals surface area contributed by atoms with Crippen LogP contribution in [0.3, 0.4) is 0 Å². The summed E-state index contributed by atoms with van der Waals surface area (Å²) in [4.78, 5) is 11.0. The van der Waals surface area contributed by atoms with Crippen molar-refractivity contribution in [2.45, 2.75) is 39.3 Å². The van der Waals surface area contributed by atoms with Crippen molar-refractivity contribution in [1.29, 1.82) is 0 Å². The summed E-state index contributed by atoms with van der Waals surface area (Å²) in [5.41, 5.74) is 4.59. The van der Waals surface area contributed by atoms with Gasteiger partial charge in [-0.1, -0.05) is 42.5 Å². The number of fused-ring (bicyclic) bond motifs is 1. The van der Waals surface area contributed by atoms with E-state index in [1.165, 1.54) is 12.1 Å². The fraction of sp³-hybridized carbons (Fsp3) is 0.233. The molecule has 0 fully saturated rings. The molecule has 35 heavy (non-hydrogen) atoms. The Hall–Kier alpha value is -3.70. The average molecular weight is 472 g/mol. The minimum atomic E-state index is -0.894. The number of benzene rings is 4. The summed E-state index contributed by atoms with van der Waals surface area (Å²) >= 11 is 0. The minimum absolute atomic E-state index is 0.0326. The zero-order chi connectivity index (χ0) is 24.8. The van der Waals surface area contributed by atoms with Crippen molar-refractivity contribution in [3.63, 3.8) is 0 Å². The first-order valence-corrected chi connectivity index (χ1v) is 11.9. The third-order valence-electron chi connectivity index (χ3n) is 6.10. The van der Waals surface area contributed by atoms with Crippen LogP contribution in [0.2, 0.25) is 0 Å². The molecule has 4 rings (SSSR count). The largest absolute Gasteiger partial charge is 0.494 e. The second-order valence-electron chi connectivity index (χ2n) is 8.71. The fourth-order valence-corrected chi connectivity index (χ4v) is 4.32. The molecule has 0 amide bonds. The fourth-order valence-electron chi connectivity index (χ4n) is 4.32. The van der Waals surface area contributed by atoms with Crippen molar-refractivity contribution in [2.75, 3.05) is 6.61 Å². The zero-order valence-corrected chi connectivity index (χ0v) is 20.1. The molecule has 2 N–H and O–H groups in total. The Bertz CT molecular complexity index is 1330. The maximum atomic E-state index is 14.5. The maximum Gasteiger partial charge on any atom is 0.303 e. The standard InChI is InChI=1S/C30H30FNO3/c1-3-35-27-9-6-7-22(15-27)19-32-20(2)24-16-23-8-4-5-10-28(23)29(18-24)25-13-21(11-12-30(33)34)14-26(31)17-25/h4-10,13-18,20,32H,3,11-12,19H2,1-2H3,(H,33,34). The molecule has 0 spiro atoms. The average Bonchev–Trinajstić information content (AvgIpc) is 2.85. The number of aliphatic carboxylic acids is 1. The van der Waals surface area contributed by atoms with E-state index in [0.29, 0.717) is 18.7 Å². The summed E-state index contributed by atoms with van der Waals surface area (Å²) in [6.45, 7) is 5.40. The Morgan fingerprint density at radius 1 is 1.00 bits per heavy atom. The first-order chi connectivity index (χ1) is 16.9. The van der Waals surface area contributed by atoms with Gasteiger partial charge < -0.3 is 15.2 Å². The van der Waals surface area contributed by atoms with Crippen molar-refractivity contribution in [3.8, 4) is 16.9 Å². The highest BCUT2D eigenvalue weighted by molar-refractivity contribution is 5.97. The van der Waals surface area contributed by atoms with Crippen molar-refractivity contribution in [3.05, 3.63) is 101 Å². The van der Waals surface area contributed by atoms with Gasteiger partial charge in [0.1, 0.15) is 11.6 Å². The summed E-state index contributed by atoms with van der Waals surface area (Å²) < 4.78 is 20.1. The molecule has 0 aliphatic rings. The lowest BCUT2D eigenvalue weighted by Crippen LogP contribution is -2.18. The third kappa shape index (κ3) is 6.25. The van der Waals surface area contributed by atoms with Gasteiger partial charge in [-0.3, -0.25) is 4.79 Å². The molecule has 0 bridgehead atoms. The van der Waals surface area contributed by atoms with Crippen LogP contribution in [0.15, 0.2) is 78.9 Å². The van der Waals surface area contributed by atoms with Crippen LogP contribution < -0.4 is 10.1 Å². The number of hydrogen-bond donors (Lipinski definition) is 2. The minimum Gasteiger partial charge on any atom is -0.494 e. The zero-order valence-electron chi connectivity index (χ0n) is 20.1. The van der Waals surface area contributed by atoms with E-state index in [4.69, 9.17) is 9.84 Å². The summed E-state index contributed by atoms with van der Waals surface area (Å²) in [5, 5.41) is 14.7. The number of hydrogen-bond acceptors (Lipinski definition) is 3. The molecule has 0 aliphatic heterocycles. The van der Waals surface area contributed by atoms with E-state index in [9.17, 15) is 9.18 Å². The van der Waals surface area contributed by atoms with Crippen LogP contribution in [0.4, 0.5) is 4.39 Å². The van der Waals surface area contributed by atoms with Crippen LogP contribution in [-0.4, -0.2) is 17.7 Å². The van der Waals surface area contributed by atoms with Gasteiger partial charge in [-0.25, -0.2) is 4.39 Å². The highest BCUT2D eigenvalue weighted by Gasteiger charge is 2.13. The Labute approximate surface area is 205 Å². The number of carboxylic acid groups (broad SMARTS) is 1. The molecular formula is C30H30FNO3. The predicted octanol–water partition coefficient (Wildman–Crippen LogP) is 6.91.